The molecule has 44 heavy (non-hydrogen) atoms. The highest BCUT2D eigenvalue weighted by molar-refractivity contribution is 6.30. The van der Waals surface area contributed by atoms with Gasteiger partial charge in [0.05, 0.1) is 0 Å². The van der Waals surface area contributed by atoms with Crippen molar-refractivity contribution >= 4 is 46.0 Å². The maximum atomic E-state index is 14.4. The summed E-state index contributed by atoms with van der Waals surface area (Å²) in [5, 5.41) is 12.0. The normalized spacial score (nSPS) is 16.9. The topological polar surface area (TPSA) is 106 Å². The van der Waals surface area contributed by atoms with E-state index in [9.17, 15) is 22.8 Å². The summed E-state index contributed by atoms with van der Waals surface area (Å²) in [7, 11) is 4.10. The summed E-state index contributed by atoms with van der Waals surface area (Å²) in [6, 6.07) is 13.1. The van der Waals surface area contributed by atoms with E-state index in [2.05, 4.69) is 49.2 Å². The molecule has 240 valence electrons. The summed E-state index contributed by atoms with van der Waals surface area (Å²) < 4.78 is 31.7. The van der Waals surface area contributed by atoms with Crippen molar-refractivity contribution in [1.29, 1.82) is 0 Å². The number of carboxylic acid groups (broad SMARTS) is 1. The number of amides is 2. The van der Waals surface area contributed by atoms with Crippen molar-refractivity contribution in [2.45, 2.75) is 58.2 Å². The number of rotatable bonds is 9. The molecule has 2 aromatic carbocycles. The van der Waals surface area contributed by atoms with Crippen molar-refractivity contribution < 1.29 is 32.7 Å². The Morgan fingerprint density at radius 1 is 1.16 bits per heavy atom. The van der Waals surface area contributed by atoms with Gasteiger partial charge in [-0.15, -0.1) is 0 Å². The second-order valence-corrected chi connectivity index (χ2v) is 12.1. The van der Waals surface area contributed by atoms with Crippen LogP contribution in [-0.2, 0) is 20.8 Å². The van der Waals surface area contributed by atoms with Crippen LogP contribution >= 0.6 is 11.6 Å². The predicted molar refractivity (Wildman–Crippen MR) is 166 cm³/mol. The number of hydrogen-bond acceptors (Lipinski definition) is 4. The number of anilines is 1. The van der Waals surface area contributed by atoms with Crippen LogP contribution in [0.15, 0.2) is 48.7 Å². The number of nitrogens with one attached hydrogen (secondary N) is 2. The summed E-state index contributed by atoms with van der Waals surface area (Å²) >= 11 is 6.35. The highest BCUT2D eigenvalue weighted by Gasteiger charge is 2.39. The fraction of sp³-hybridized carbons (Fsp3) is 0.469. The fourth-order valence-corrected chi connectivity index (χ4v) is 5.67. The van der Waals surface area contributed by atoms with Crippen LogP contribution < -0.4 is 10.2 Å². The second kappa shape index (κ2) is 14.9. The van der Waals surface area contributed by atoms with E-state index in [1.165, 1.54) is 0 Å². The number of hydrogen-bond donors (Lipinski definition) is 3. The van der Waals surface area contributed by atoms with Gasteiger partial charge in [0.2, 0.25) is 11.8 Å². The summed E-state index contributed by atoms with van der Waals surface area (Å²) in [6.07, 6.45) is -0.942. The minimum Gasteiger partial charge on any atom is -0.475 e. The first-order chi connectivity index (χ1) is 20.6. The summed E-state index contributed by atoms with van der Waals surface area (Å²) in [5.41, 5.74) is 4.00. The van der Waals surface area contributed by atoms with E-state index in [1.807, 2.05) is 54.4 Å². The third-order valence-corrected chi connectivity index (χ3v) is 8.07. The van der Waals surface area contributed by atoms with Gasteiger partial charge in [0.15, 0.2) is 0 Å². The van der Waals surface area contributed by atoms with Gasteiger partial charge in [0.25, 0.3) is 0 Å². The molecule has 3 N–H and O–H groups in total. The number of carboxylic acids is 1. The summed E-state index contributed by atoms with van der Waals surface area (Å²) in [6.45, 7) is 7.64. The van der Waals surface area contributed by atoms with E-state index in [0.717, 1.165) is 47.1 Å². The van der Waals surface area contributed by atoms with Gasteiger partial charge < -0.3 is 25.2 Å². The van der Waals surface area contributed by atoms with Crippen LogP contribution in [0.1, 0.15) is 50.7 Å². The number of aromatic amines is 1. The zero-order valence-electron chi connectivity index (χ0n) is 25.5. The molecule has 4 atom stereocenters. The van der Waals surface area contributed by atoms with Gasteiger partial charge in [-0.3, -0.25) is 9.59 Å². The van der Waals surface area contributed by atoms with E-state index in [0.29, 0.717) is 18.0 Å². The van der Waals surface area contributed by atoms with E-state index >= 15 is 0 Å². The Balaban J connectivity index is 0.000000676. The molecule has 3 aromatic rings. The lowest BCUT2D eigenvalue weighted by molar-refractivity contribution is -0.192. The first kappa shape index (κ1) is 34.9. The van der Waals surface area contributed by atoms with Gasteiger partial charge in [0, 0.05) is 53.2 Å². The molecule has 1 aromatic heterocycles. The highest BCUT2D eigenvalue weighted by atomic mass is 35.5. The number of alkyl halides is 3. The summed E-state index contributed by atoms with van der Waals surface area (Å²) in [4.78, 5) is 43.8. The monoisotopic (exact) mass is 636 g/mol. The number of nitrogens with zero attached hydrogens (tertiary/aromatic N) is 2. The number of H-pyrrole nitrogens is 1. The Bertz CT molecular complexity index is 1460. The minimum absolute atomic E-state index is 0.0812. The number of aromatic nitrogens is 1. The van der Waals surface area contributed by atoms with E-state index in [1.54, 1.807) is 0 Å². The number of benzene rings is 2. The van der Waals surface area contributed by atoms with Crippen molar-refractivity contribution in [3.63, 3.8) is 0 Å². The third-order valence-electron chi connectivity index (χ3n) is 7.84. The highest BCUT2D eigenvalue weighted by Crippen LogP contribution is 2.35. The van der Waals surface area contributed by atoms with E-state index in [4.69, 9.17) is 21.5 Å². The number of fused-ring (bicyclic) bond motifs is 2. The van der Waals surface area contributed by atoms with Gasteiger partial charge in [0.1, 0.15) is 6.04 Å². The first-order valence-electron chi connectivity index (χ1n) is 14.5. The molecule has 0 bridgehead atoms. The third kappa shape index (κ3) is 8.98. The van der Waals surface area contributed by atoms with Crippen LogP contribution in [0.2, 0.25) is 5.02 Å². The van der Waals surface area contributed by atoms with Crippen LogP contribution in [0.25, 0.3) is 10.9 Å². The molecular weight excluding hydrogens is 597 g/mol. The molecule has 1 aliphatic heterocycles. The molecule has 0 aliphatic carbocycles. The minimum atomic E-state index is -5.08. The van der Waals surface area contributed by atoms with Gasteiger partial charge in [-0.25, -0.2) is 4.79 Å². The van der Waals surface area contributed by atoms with Gasteiger partial charge >= 0.3 is 12.1 Å². The predicted octanol–water partition coefficient (Wildman–Crippen LogP) is 6.25. The lowest BCUT2D eigenvalue weighted by atomic mass is 9.88. The number of aliphatic carboxylic acids is 1. The summed E-state index contributed by atoms with van der Waals surface area (Å²) in [5.74, 6) is -2.63. The zero-order valence-corrected chi connectivity index (χ0v) is 26.3. The van der Waals surface area contributed by atoms with Crippen molar-refractivity contribution in [3.8, 4) is 0 Å². The Hall–Kier alpha value is -3.57. The van der Waals surface area contributed by atoms with Gasteiger partial charge in [-0.05, 0) is 67.7 Å². The molecule has 0 saturated carbocycles. The molecule has 3 unspecified atom stereocenters. The van der Waals surface area contributed by atoms with Crippen molar-refractivity contribution in [2.75, 3.05) is 32.1 Å². The Kier molecular flexibility index (Phi) is 11.9. The van der Waals surface area contributed by atoms with Crippen LogP contribution in [-0.4, -0.2) is 72.2 Å². The molecule has 2 amide bonds. The maximum absolute atomic E-state index is 14.4. The first-order valence-corrected chi connectivity index (χ1v) is 14.9. The zero-order chi connectivity index (χ0) is 32.8. The molecule has 4 rings (SSSR count). The molecule has 12 heteroatoms. The molecular formula is C32H40ClF3N4O4. The Labute approximate surface area is 260 Å². The van der Waals surface area contributed by atoms with Crippen LogP contribution in [0.3, 0.4) is 0 Å². The molecule has 2 heterocycles. The maximum Gasteiger partial charge on any atom is 0.490 e. The molecule has 0 radical (unpaired) electrons. The van der Waals surface area contributed by atoms with Crippen molar-refractivity contribution in [2.24, 2.45) is 11.8 Å². The van der Waals surface area contributed by atoms with Crippen molar-refractivity contribution in [1.82, 2.24) is 15.2 Å². The van der Waals surface area contributed by atoms with Crippen LogP contribution in [0, 0.1) is 11.8 Å². The van der Waals surface area contributed by atoms with Gasteiger partial charge in [-0.1, -0.05) is 57.0 Å². The van der Waals surface area contributed by atoms with Crippen molar-refractivity contribution in [3.05, 3.63) is 64.8 Å². The lowest BCUT2D eigenvalue weighted by Gasteiger charge is -2.38. The molecule has 0 spiro atoms. The largest absolute Gasteiger partial charge is 0.490 e. The average Bonchev–Trinajstić information content (AvgIpc) is 3.38. The standard InChI is InChI=1S/C30H39ClN4O2.C2HF3O2/c1-6-19(2)13-28(36)33-29(20(3)25-16-32-26-10-8-7-9-24(25)26)30(37)35-18-21(17-34(4)5)14-22-15-23(31)11-12-27(22)35;3-2(4,5)1(6)7/h7-12,15-16,19-21,29,32H,6,13-14,17-18H2,1-5H3,(H,33,36);(H,6,7)/t19?,20?,21-,29?;/m1./s1. The van der Waals surface area contributed by atoms with E-state index in [-0.39, 0.29) is 29.6 Å². The smallest absolute Gasteiger partial charge is 0.475 e. The average molecular weight is 637 g/mol. The SMILES string of the molecule is CCC(C)CC(=O)NC(C(=O)N1C[C@@H](CN(C)C)Cc2cc(Cl)ccc21)C(C)c1c[nH]c2ccccc12.O=C(O)C(F)(F)F. The van der Waals surface area contributed by atoms with Crippen LogP contribution in [0.4, 0.5) is 18.9 Å². The number of halogens is 4. The molecule has 1 aliphatic rings. The lowest BCUT2D eigenvalue weighted by Crippen LogP contribution is -2.54. The number of para-hydroxylation sites is 1. The molecule has 0 saturated heterocycles. The number of carbonyl (C=O) groups excluding carboxylic acids is 2. The quantitative estimate of drug-likeness (QED) is 0.258. The number of carbonyl (C=O) groups is 3. The Morgan fingerprint density at radius 2 is 1.82 bits per heavy atom. The molecule has 0 fully saturated rings. The van der Waals surface area contributed by atoms with Crippen LogP contribution in [0.5, 0.6) is 0 Å². The Morgan fingerprint density at radius 3 is 2.43 bits per heavy atom. The van der Waals surface area contributed by atoms with E-state index < -0.39 is 18.2 Å². The second-order valence-electron chi connectivity index (χ2n) is 11.7. The van der Waals surface area contributed by atoms with Gasteiger partial charge in [-0.2, -0.15) is 13.2 Å². The molecule has 8 nitrogen and oxygen atoms in total. The fourth-order valence-electron chi connectivity index (χ4n) is 5.47.